The maximum absolute atomic E-state index is 12.6. The molecule has 3 rings (SSSR count). The van der Waals surface area contributed by atoms with Crippen LogP contribution in [0.2, 0.25) is 0 Å². The summed E-state index contributed by atoms with van der Waals surface area (Å²) in [5, 5.41) is 0. The Balaban J connectivity index is 1.56. The van der Waals surface area contributed by atoms with Crippen LogP contribution >= 0.6 is 0 Å². The summed E-state index contributed by atoms with van der Waals surface area (Å²) < 4.78 is 48.6. The third kappa shape index (κ3) is 4.66. The molecule has 0 aliphatic carbocycles. The highest BCUT2D eigenvalue weighted by atomic mass is 19.4. The number of halogens is 3. The first-order valence-corrected chi connectivity index (χ1v) is 8.37. The molecule has 0 radical (unpaired) electrons. The van der Waals surface area contributed by atoms with E-state index in [-0.39, 0.29) is 23.6 Å². The van der Waals surface area contributed by atoms with E-state index < -0.39 is 11.7 Å². The van der Waals surface area contributed by atoms with E-state index >= 15 is 0 Å². The number of amides is 1. The number of rotatable bonds is 4. The standard InChI is InChI=1S/C18H18F3N3O3/c1-26-17-22-9-6-15(23-17)27-14-7-10-24(11-8-14)16(25)12-2-4-13(5-3-12)18(19,20)21/h2-6,9,14H,7-8,10-11H2,1H3. The Hall–Kier alpha value is -2.84. The molecule has 0 atom stereocenters. The summed E-state index contributed by atoms with van der Waals surface area (Å²) in [5.74, 6) is 0.111. The van der Waals surface area contributed by atoms with Crippen molar-refractivity contribution in [3.63, 3.8) is 0 Å². The van der Waals surface area contributed by atoms with Gasteiger partial charge in [0, 0.05) is 43.8 Å². The molecule has 2 heterocycles. The molecule has 1 saturated heterocycles. The Morgan fingerprint density at radius 2 is 1.81 bits per heavy atom. The van der Waals surface area contributed by atoms with Crippen molar-refractivity contribution in [1.82, 2.24) is 14.9 Å². The number of aromatic nitrogens is 2. The number of carbonyl (C=O) groups is 1. The van der Waals surface area contributed by atoms with Gasteiger partial charge in [-0.2, -0.15) is 18.2 Å². The third-order valence-corrected chi connectivity index (χ3v) is 4.27. The second-order valence-corrected chi connectivity index (χ2v) is 6.07. The van der Waals surface area contributed by atoms with Crippen LogP contribution in [0.25, 0.3) is 0 Å². The van der Waals surface area contributed by atoms with Crippen molar-refractivity contribution in [1.29, 1.82) is 0 Å². The largest absolute Gasteiger partial charge is 0.474 e. The molecule has 0 saturated carbocycles. The number of alkyl halides is 3. The number of nitrogens with zero attached hydrogens (tertiary/aromatic N) is 3. The van der Waals surface area contributed by atoms with E-state index in [1.807, 2.05) is 0 Å². The van der Waals surface area contributed by atoms with Crippen LogP contribution in [0.1, 0.15) is 28.8 Å². The van der Waals surface area contributed by atoms with Crippen LogP contribution < -0.4 is 9.47 Å². The third-order valence-electron chi connectivity index (χ3n) is 4.27. The van der Waals surface area contributed by atoms with Gasteiger partial charge in [-0.1, -0.05) is 0 Å². The average Bonchev–Trinajstić information content (AvgIpc) is 2.67. The smallest absolute Gasteiger partial charge is 0.416 e. The minimum atomic E-state index is -4.42. The average molecular weight is 381 g/mol. The molecule has 0 spiro atoms. The highest BCUT2D eigenvalue weighted by Gasteiger charge is 2.31. The summed E-state index contributed by atoms with van der Waals surface area (Å²) in [6.45, 7) is 0.902. The number of benzene rings is 1. The zero-order valence-electron chi connectivity index (χ0n) is 14.6. The Kier molecular flexibility index (Phi) is 5.48. The number of carbonyl (C=O) groups excluding carboxylic acids is 1. The summed E-state index contributed by atoms with van der Waals surface area (Å²) in [7, 11) is 1.46. The minimum absolute atomic E-state index is 0.110. The van der Waals surface area contributed by atoms with Crippen molar-refractivity contribution in [2.75, 3.05) is 20.2 Å². The second-order valence-electron chi connectivity index (χ2n) is 6.07. The Morgan fingerprint density at radius 1 is 1.15 bits per heavy atom. The molecular formula is C18H18F3N3O3. The van der Waals surface area contributed by atoms with Gasteiger partial charge in [-0.25, -0.2) is 4.98 Å². The zero-order valence-corrected chi connectivity index (χ0v) is 14.6. The van der Waals surface area contributed by atoms with E-state index in [0.29, 0.717) is 31.8 Å². The van der Waals surface area contributed by atoms with E-state index in [1.54, 1.807) is 11.0 Å². The van der Waals surface area contributed by atoms with Crippen molar-refractivity contribution < 1.29 is 27.4 Å². The molecule has 0 bridgehead atoms. The fraction of sp³-hybridized carbons (Fsp3) is 0.389. The monoisotopic (exact) mass is 381 g/mol. The van der Waals surface area contributed by atoms with Gasteiger partial charge in [0.05, 0.1) is 12.7 Å². The lowest BCUT2D eigenvalue weighted by atomic mass is 10.1. The molecule has 0 N–H and O–H groups in total. The normalized spacial score (nSPS) is 15.5. The van der Waals surface area contributed by atoms with Gasteiger partial charge in [0.2, 0.25) is 5.88 Å². The van der Waals surface area contributed by atoms with Gasteiger partial charge in [0.25, 0.3) is 5.91 Å². The van der Waals surface area contributed by atoms with E-state index in [1.165, 1.54) is 25.4 Å². The van der Waals surface area contributed by atoms with Crippen molar-refractivity contribution in [3.05, 3.63) is 47.7 Å². The Labute approximate surface area is 153 Å². The quantitative estimate of drug-likeness (QED) is 0.814. The first-order chi connectivity index (χ1) is 12.9. The molecule has 1 aliphatic rings. The molecule has 2 aromatic rings. The minimum Gasteiger partial charge on any atom is -0.474 e. The van der Waals surface area contributed by atoms with Gasteiger partial charge < -0.3 is 14.4 Å². The summed E-state index contributed by atoms with van der Waals surface area (Å²) in [5.41, 5.74) is -0.533. The van der Waals surface area contributed by atoms with Crippen LogP contribution in [0.4, 0.5) is 13.2 Å². The molecule has 1 aromatic carbocycles. The van der Waals surface area contributed by atoms with Crippen LogP contribution in [0, 0.1) is 0 Å². The molecular weight excluding hydrogens is 363 g/mol. The van der Waals surface area contributed by atoms with Crippen LogP contribution in [0.15, 0.2) is 36.5 Å². The molecule has 9 heteroatoms. The Bertz CT molecular complexity index is 788. The zero-order chi connectivity index (χ0) is 19.4. The highest BCUT2D eigenvalue weighted by molar-refractivity contribution is 5.94. The maximum Gasteiger partial charge on any atom is 0.416 e. The van der Waals surface area contributed by atoms with Crippen LogP contribution in [-0.4, -0.2) is 47.1 Å². The molecule has 27 heavy (non-hydrogen) atoms. The lowest BCUT2D eigenvalue weighted by molar-refractivity contribution is -0.137. The predicted octanol–water partition coefficient (Wildman–Crippen LogP) is 3.19. The van der Waals surface area contributed by atoms with Gasteiger partial charge in [-0.05, 0) is 24.3 Å². The second kappa shape index (κ2) is 7.81. The van der Waals surface area contributed by atoms with Crippen molar-refractivity contribution in [2.24, 2.45) is 0 Å². The summed E-state index contributed by atoms with van der Waals surface area (Å²) in [6.07, 6.45) is -1.80. The topological polar surface area (TPSA) is 64.6 Å². The summed E-state index contributed by atoms with van der Waals surface area (Å²) >= 11 is 0. The fourth-order valence-electron chi connectivity index (χ4n) is 2.82. The van der Waals surface area contributed by atoms with Crippen LogP contribution in [0.5, 0.6) is 11.9 Å². The number of likely N-dealkylation sites (tertiary alicyclic amines) is 1. The first kappa shape index (κ1) is 18.9. The van der Waals surface area contributed by atoms with Gasteiger partial charge in [-0.15, -0.1) is 0 Å². The first-order valence-electron chi connectivity index (χ1n) is 8.37. The van der Waals surface area contributed by atoms with Crippen molar-refractivity contribution in [2.45, 2.75) is 25.1 Å². The molecule has 1 fully saturated rings. The van der Waals surface area contributed by atoms with E-state index in [0.717, 1.165) is 12.1 Å². The molecule has 6 nitrogen and oxygen atoms in total. The number of hydrogen-bond acceptors (Lipinski definition) is 5. The van der Waals surface area contributed by atoms with Gasteiger partial charge in [0.15, 0.2) is 0 Å². The number of ether oxygens (including phenoxy) is 2. The molecule has 1 aromatic heterocycles. The maximum atomic E-state index is 12.6. The lowest BCUT2D eigenvalue weighted by Crippen LogP contribution is -2.41. The summed E-state index contributed by atoms with van der Waals surface area (Å²) in [6, 6.07) is 6.10. The highest BCUT2D eigenvalue weighted by Crippen LogP contribution is 2.29. The Morgan fingerprint density at radius 3 is 2.41 bits per heavy atom. The molecule has 144 valence electrons. The van der Waals surface area contributed by atoms with Gasteiger partial charge in [-0.3, -0.25) is 4.79 Å². The van der Waals surface area contributed by atoms with Crippen molar-refractivity contribution >= 4 is 5.91 Å². The van der Waals surface area contributed by atoms with E-state index in [4.69, 9.17) is 9.47 Å². The number of piperidine rings is 1. The van der Waals surface area contributed by atoms with Gasteiger partial charge in [0.1, 0.15) is 6.10 Å². The molecule has 1 aliphatic heterocycles. The predicted molar refractivity (Wildman–Crippen MR) is 89.6 cm³/mol. The van der Waals surface area contributed by atoms with E-state index in [2.05, 4.69) is 9.97 Å². The molecule has 1 amide bonds. The van der Waals surface area contributed by atoms with Crippen LogP contribution in [0.3, 0.4) is 0 Å². The summed E-state index contributed by atoms with van der Waals surface area (Å²) in [4.78, 5) is 22.1. The SMILES string of the molecule is COc1nccc(OC2CCN(C(=O)c3ccc(C(F)(F)F)cc3)CC2)n1. The van der Waals surface area contributed by atoms with Crippen molar-refractivity contribution in [3.8, 4) is 11.9 Å². The fourth-order valence-corrected chi connectivity index (χ4v) is 2.82. The lowest BCUT2D eigenvalue weighted by Gasteiger charge is -2.32. The molecule has 0 unspecified atom stereocenters. The van der Waals surface area contributed by atoms with Gasteiger partial charge >= 0.3 is 12.2 Å². The number of methoxy groups -OCH3 is 1. The van der Waals surface area contributed by atoms with E-state index in [9.17, 15) is 18.0 Å². The van der Waals surface area contributed by atoms with Crippen LogP contribution in [-0.2, 0) is 6.18 Å². The number of hydrogen-bond donors (Lipinski definition) is 0.